The van der Waals surface area contributed by atoms with E-state index in [0.717, 1.165) is 0 Å². The smallest absolute Gasteiger partial charge is 0.120 e. The molecule has 0 N–H and O–H groups in total. The van der Waals surface area contributed by atoms with Crippen molar-refractivity contribution >= 4 is 407 Å². The van der Waals surface area contributed by atoms with Crippen LogP contribution in [-0.2, 0) is 11.8 Å². The van der Waals surface area contributed by atoms with E-state index in [0.29, 0.717) is 0 Å². The zero-order valence-corrected chi connectivity index (χ0v) is 42.0. The Kier molecular flexibility index (Phi) is 14.1. The van der Waals surface area contributed by atoms with Crippen molar-refractivity contribution in [2.24, 2.45) is 0 Å². The molecule has 0 nitrogen and oxygen atoms in total. The van der Waals surface area contributed by atoms with Crippen LogP contribution in [0.3, 0.4) is 0 Å². The number of hydrogen-bond donors (Lipinski definition) is 0. The molecule has 0 bridgehead atoms. The Balaban J connectivity index is 1.35. The van der Waals surface area contributed by atoms with Crippen LogP contribution in [0, 0.1) is 12.3 Å². The molecule has 1 spiro atoms. The molecule has 0 saturated carbocycles. The monoisotopic (exact) mass is 922 g/mol. The van der Waals surface area contributed by atoms with Crippen molar-refractivity contribution in [2.45, 2.75) is 11.8 Å². The molecule has 0 aromatic heterocycles. The van der Waals surface area contributed by atoms with Gasteiger partial charge in [-0.25, -0.2) is 0 Å². The van der Waals surface area contributed by atoms with E-state index in [1.54, 1.807) is 0 Å². The highest BCUT2D eigenvalue weighted by Gasteiger charge is 2.56. The molecular weight excluding hydrogens is 914 g/mol. The first-order valence-corrected chi connectivity index (χ1v) is 23.4. The summed E-state index contributed by atoms with van der Waals surface area (Å²) in [6.07, 6.45) is 5.62. The van der Waals surface area contributed by atoms with E-state index in [4.69, 9.17) is 234 Å². The van der Waals surface area contributed by atoms with Crippen molar-refractivity contribution in [2.75, 3.05) is 0 Å². The van der Waals surface area contributed by atoms with Crippen LogP contribution in [0.2, 0.25) is 0 Å². The van der Waals surface area contributed by atoms with Gasteiger partial charge in [0, 0.05) is 0 Å². The van der Waals surface area contributed by atoms with E-state index in [1.807, 2.05) is 0 Å². The Morgan fingerprint density at radius 1 is 0.291 bits per heavy atom. The molecule has 8 aromatic carbocycles. The number of hydrogen-bond acceptors (Lipinski definition) is 0. The van der Waals surface area contributed by atoms with Gasteiger partial charge in [-0.2, -0.15) is 0 Å². The van der Waals surface area contributed by atoms with E-state index >= 15 is 0 Å². The minimum absolute atomic E-state index is 0.0518. The largest absolute Gasteiger partial charge is 0.127 e. The van der Waals surface area contributed by atoms with Gasteiger partial charge in [0.15, 0.2) is 0 Å². The molecule has 58 radical (unpaired) electrons. The molecule has 0 heterocycles. The van der Waals surface area contributed by atoms with Crippen LogP contribution < -0.4 is 142 Å². The molecule has 0 atom stereocenters. The van der Waals surface area contributed by atoms with Crippen LogP contribution >= 0.6 is 0 Å². The molecule has 2 aliphatic carbocycles. The maximum Gasteiger partial charge on any atom is 0.127 e. The lowest BCUT2D eigenvalue weighted by molar-refractivity contribution is 0.818. The molecule has 10 rings (SSSR count). The summed E-state index contributed by atoms with van der Waals surface area (Å²) in [5.74, 6) is 2.40. The van der Waals surface area contributed by atoms with Crippen LogP contribution in [0.4, 0.5) is 0 Å². The van der Waals surface area contributed by atoms with Crippen LogP contribution in [-0.4, -0.2) is 228 Å². The summed E-state index contributed by atoms with van der Waals surface area (Å²) in [4.78, 5) is 0. The fraction of sp³-hybridized carbons (Fsp3) is 0.0400. The third-order valence-corrected chi connectivity index (χ3v) is 16.0. The molecule has 79 heavy (non-hydrogen) atoms. The van der Waals surface area contributed by atoms with E-state index < -0.39 is 11.8 Å². The molecule has 8 aromatic rings. The van der Waals surface area contributed by atoms with Crippen molar-refractivity contribution in [3.8, 4) is 34.6 Å². The summed E-state index contributed by atoms with van der Waals surface area (Å²) in [6.45, 7) is 0. The zero-order valence-electron chi connectivity index (χ0n) is 42.0. The fourth-order valence-electron chi connectivity index (χ4n) is 12.1. The second kappa shape index (κ2) is 19.3. The van der Waals surface area contributed by atoms with Crippen molar-refractivity contribution < 1.29 is 0 Å². The van der Waals surface area contributed by atoms with Gasteiger partial charge >= 0.3 is 0 Å². The normalized spacial score (nSPS) is 13.6. The number of terminal acetylenes is 1. The van der Waals surface area contributed by atoms with Gasteiger partial charge in [0.1, 0.15) is 228 Å². The lowest BCUT2D eigenvalue weighted by atomic mass is 9.53. The van der Waals surface area contributed by atoms with E-state index in [1.165, 1.54) is 0 Å². The number of rotatable bonds is 4. The van der Waals surface area contributed by atoms with Gasteiger partial charge in [-0.3, -0.25) is 0 Å². The SMILES string of the molecule is [B]/C(Cc1c([B])c([B])c([B])c2c1-c1c([B])c([B])c([B])c([B])c1C21c2c([B])c([B])c([B])c([B])c2-c2c([B])c([B])c([B])c([B])c21)=C([B])/C(=C(/[B])C#C)c1c([B])c([B])c2c3c([B])c([B])c([B])c([B])c3c3c([B])c([B])c([B])c([B])c3c2c1[B]. The van der Waals surface area contributed by atoms with Gasteiger partial charge in [-0.05, 0) is 105 Å². The molecule has 0 unspecified atom stereocenters. The van der Waals surface area contributed by atoms with Gasteiger partial charge < -0.3 is 0 Å². The summed E-state index contributed by atoms with van der Waals surface area (Å²) < 4.78 is 0. The Morgan fingerprint density at radius 3 is 0.873 bits per heavy atom. The number of fused-ring (bicyclic) bond motifs is 16. The Morgan fingerprint density at radius 2 is 0.544 bits per heavy atom. The van der Waals surface area contributed by atoms with Gasteiger partial charge in [0.05, 0.1) is 5.41 Å². The number of benzene rings is 8. The maximum absolute atomic E-state index is 7.29. The lowest BCUT2D eigenvalue weighted by Crippen LogP contribution is -2.57. The minimum atomic E-state index is -1.98. The first-order chi connectivity index (χ1) is 36.8. The molecular formula is C50H3B29. The first kappa shape index (κ1) is 57.7. The summed E-state index contributed by atoms with van der Waals surface area (Å²) >= 11 is 0. The third-order valence-electron chi connectivity index (χ3n) is 16.0. The predicted octanol–water partition coefficient (Wildman–Crippen LogP) is -20.6. The zero-order chi connectivity index (χ0) is 58.5. The van der Waals surface area contributed by atoms with E-state index in [2.05, 4.69) is 5.92 Å². The molecule has 290 valence electrons. The third kappa shape index (κ3) is 7.13. The quantitative estimate of drug-likeness (QED) is 0.0714. The topological polar surface area (TPSA) is 0 Å². The Hall–Kier alpha value is -4.54. The van der Waals surface area contributed by atoms with Crippen LogP contribution in [0.5, 0.6) is 0 Å². The average molecular weight is 917 g/mol. The van der Waals surface area contributed by atoms with Crippen molar-refractivity contribution in [3.05, 3.63) is 49.8 Å². The van der Waals surface area contributed by atoms with Gasteiger partial charge in [0.25, 0.3) is 0 Å². The van der Waals surface area contributed by atoms with E-state index in [-0.39, 0.29) is 252 Å². The molecule has 2 aliphatic rings. The predicted molar refractivity (Wildman–Crippen MR) is 366 cm³/mol. The molecule has 29 heteroatoms. The maximum atomic E-state index is 7.29. The van der Waals surface area contributed by atoms with Gasteiger partial charge in [0.2, 0.25) is 0 Å². The standard InChI is InChI=1S/C50H3B29/c1-2-5(51)8(18-25(55)9-10(26(56)34(18)64)12-14(30(60)43(73)41(71)28(12)58)13-11(9)27(57)40(70)42(72)29(13)59)24(54)6(52)3-4-7-15-20(36(66)47(77)44(74)31(15)61)50(19(7)35(65)39(69)23(4)53)21-16(32(62)45(75)48(78)37(21)67)17-22(50)38(68)49(79)46(76)33(17)63/h1H,3H2/b8-5+,24-6-. The van der Waals surface area contributed by atoms with Crippen LogP contribution in [0.15, 0.2) is 16.4 Å². The van der Waals surface area contributed by atoms with Gasteiger partial charge in [-0.15, -0.1) is 77.4 Å². The van der Waals surface area contributed by atoms with E-state index in [9.17, 15) is 0 Å². The number of allylic oxidation sites excluding steroid dienone is 4. The van der Waals surface area contributed by atoms with Crippen molar-refractivity contribution in [1.82, 2.24) is 0 Å². The Labute approximate surface area is 500 Å². The van der Waals surface area contributed by atoms with Crippen LogP contribution in [0.25, 0.3) is 60.1 Å². The molecule has 0 amide bonds. The summed E-state index contributed by atoms with van der Waals surface area (Å²) in [5.41, 5.74) is -5.47. The second-order valence-electron chi connectivity index (χ2n) is 19.7. The van der Waals surface area contributed by atoms with Gasteiger partial charge in [-0.1, -0.05) is 87.9 Å². The van der Waals surface area contributed by atoms with Crippen LogP contribution in [0.1, 0.15) is 33.4 Å². The van der Waals surface area contributed by atoms with Crippen molar-refractivity contribution in [3.63, 3.8) is 0 Å². The highest BCUT2D eigenvalue weighted by atomic mass is 14.6. The minimum Gasteiger partial charge on any atom is -0.120 e. The Bertz CT molecular complexity index is 4330. The first-order valence-electron chi connectivity index (χ1n) is 23.4. The highest BCUT2D eigenvalue weighted by Crippen LogP contribution is 2.59. The molecule has 0 aliphatic heterocycles. The summed E-state index contributed by atoms with van der Waals surface area (Å²) in [6, 6.07) is 0. The average Bonchev–Trinajstić information content (AvgIpc) is 3.02. The highest BCUT2D eigenvalue weighted by molar-refractivity contribution is 6.76. The lowest BCUT2D eigenvalue weighted by Gasteiger charge is -2.39. The molecule has 0 saturated heterocycles. The van der Waals surface area contributed by atoms with Crippen molar-refractivity contribution in [1.29, 1.82) is 0 Å². The fourth-order valence-corrected chi connectivity index (χ4v) is 12.1. The summed E-state index contributed by atoms with van der Waals surface area (Å²) in [5, 5.41) is 0.680. The molecule has 0 fully saturated rings. The summed E-state index contributed by atoms with van der Waals surface area (Å²) in [7, 11) is 199. The second-order valence-corrected chi connectivity index (χ2v) is 19.7.